The predicted octanol–water partition coefficient (Wildman–Crippen LogP) is 2.39. The maximum Gasteiger partial charge on any atom is 0.220 e. The first kappa shape index (κ1) is 14.6. The van der Waals surface area contributed by atoms with Gasteiger partial charge >= 0.3 is 0 Å². The number of nitriles is 1. The molecular weight excluding hydrogens is 262 g/mol. The molecule has 0 saturated heterocycles. The van der Waals surface area contributed by atoms with Crippen molar-refractivity contribution in [3.63, 3.8) is 0 Å². The normalized spacial score (nSPS) is 9.86. The van der Waals surface area contributed by atoms with E-state index in [2.05, 4.69) is 11.4 Å². The van der Waals surface area contributed by atoms with Gasteiger partial charge in [0.25, 0.3) is 0 Å². The van der Waals surface area contributed by atoms with E-state index in [0.717, 1.165) is 11.1 Å². The molecule has 21 heavy (non-hydrogen) atoms. The molecule has 0 bridgehead atoms. The van der Waals surface area contributed by atoms with Gasteiger partial charge in [0, 0.05) is 18.7 Å². The SMILES string of the molecule is N#Cc1ccc(CNC(=O)CCc2cccc(N)c2)cc1. The Labute approximate surface area is 124 Å². The molecule has 0 unspecified atom stereocenters. The first-order chi connectivity index (χ1) is 10.2. The van der Waals surface area contributed by atoms with Crippen LogP contribution in [0.15, 0.2) is 48.5 Å². The van der Waals surface area contributed by atoms with Crippen molar-refractivity contribution in [3.05, 3.63) is 65.2 Å². The molecule has 0 aliphatic carbocycles. The highest BCUT2D eigenvalue weighted by atomic mass is 16.1. The molecule has 106 valence electrons. The summed E-state index contributed by atoms with van der Waals surface area (Å²) in [4.78, 5) is 11.8. The van der Waals surface area contributed by atoms with Gasteiger partial charge in [0.1, 0.15) is 0 Å². The molecule has 0 fully saturated rings. The number of benzene rings is 2. The minimum Gasteiger partial charge on any atom is -0.399 e. The summed E-state index contributed by atoms with van der Waals surface area (Å²) in [5.41, 5.74) is 9.07. The van der Waals surface area contributed by atoms with E-state index >= 15 is 0 Å². The Morgan fingerprint density at radius 1 is 1.14 bits per heavy atom. The topological polar surface area (TPSA) is 78.9 Å². The molecule has 2 aromatic carbocycles. The van der Waals surface area contributed by atoms with Crippen molar-refractivity contribution >= 4 is 11.6 Å². The fraction of sp³-hybridized carbons (Fsp3) is 0.176. The van der Waals surface area contributed by atoms with E-state index in [4.69, 9.17) is 11.0 Å². The van der Waals surface area contributed by atoms with Gasteiger partial charge in [0.05, 0.1) is 11.6 Å². The van der Waals surface area contributed by atoms with Crippen LogP contribution in [0.3, 0.4) is 0 Å². The second-order valence-electron chi connectivity index (χ2n) is 4.83. The van der Waals surface area contributed by atoms with Crippen LogP contribution in [0.25, 0.3) is 0 Å². The van der Waals surface area contributed by atoms with E-state index in [1.54, 1.807) is 12.1 Å². The highest BCUT2D eigenvalue weighted by Crippen LogP contribution is 2.09. The molecule has 0 aromatic heterocycles. The smallest absolute Gasteiger partial charge is 0.220 e. The summed E-state index contributed by atoms with van der Waals surface area (Å²) in [6.07, 6.45) is 1.10. The Bertz CT molecular complexity index is 656. The molecule has 0 spiro atoms. The van der Waals surface area contributed by atoms with Gasteiger partial charge < -0.3 is 11.1 Å². The largest absolute Gasteiger partial charge is 0.399 e. The number of aryl methyl sites for hydroxylation is 1. The monoisotopic (exact) mass is 279 g/mol. The number of anilines is 1. The summed E-state index contributed by atoms with van der Waals surface area (Å²) in [7, 11) is 0. The average molecular weight is 279 g/mol. The number of hydrogen-bond acceptors (Lipinski definition) is 3. The molecule has 0 atom stereocenters. The highest BCUT2D eigenvalue weighted by Gasteiger charge is 2.03. The number of nitrogens with zero attached hydrogens (tertiary/aromatic N) is 1. The number of amides is 1. The molecular formula is C17H17N3O. The number of nitrogens with one attached hydrogen (secondary N) is 1. The summed E-state index contributed by atoms with van der Waals surface area (Å²) < 4.78 is 0. The third-order valence-electron chi connectivity index (χ3n) is 3.16. The molecule has 2 aromatic rings. The van der Waals surface area contributed by atoms with E-state index in [1.807, 2.05) is 36.4 Å². The van der Waals surface area contributed by atoms with Gasteiger partial charge in [-0.05, 0) is 41.8 Å². The number of nitrogen functional groups attached to an aromatic ring is 1. The minimum absolute atomic E-state index is 0.00165. The first-order valence-corrected chi connectivity index (χ1v) is 6.77. The summed E-state index contributed by atoms with van der Waals surface area (Å²) in [6.45, 7) is 0.474. The van der Waals surface area contributed by atoms with Gasteiger partial charge in [-0.2, -0.15) is 5.26 Å². The Morgan fingerprint density at radius 2 is 1.90 bits per heavy atom. The van der Waals surface area contributed by atoms with Gasteiger partial charge in [0.2, 0.25) is 5.91 Å². The van der Waals surface area contributed by atoms with Gasteiger partial charge in [-0.1, -0.05) is 24.3 Å². The van der Waals surface area contributed by atoms with Crippen LogP contribution in [0.2, 0.25) is 0 Å². The van der Waals surface area contributed by atoms with E-state index < -0.39 is 0 Å². The maximum absolute atomic E-state index is 11.8. The fourth-order valence-electron chi connectivity index (χ4n) is 1.99. The molecule has 0 aliphatic heterocycles. The number of nitrogens with two attached hydrogens (primary N) is 1. The van der Waals surface area contributed by atoms with Crippen LogP contribution in [0.4, 0.5) is 5.69 Å². The Kier molecular flexibility index (Phi) is 4.94. The Balaban J connectivity index is 1.78. The van der Waals surface area contributed by atoms with Gasteiger partial charge in [-0.25, -0.2) is 0 Å². The van der Waals surface area contributed by atoms with Crippen molar-refractivity contribution in [1.29, 1.82) is 5.26 Å². The molecule has 0 saturated carbocycles. The number of hydrogen-bond donors (Lipinski definition) is 2. The van der Waals surface area contributed by atoms with Crippen molar-refractivity contribution in [2.24, 2.45) is 0 Å². The minimum atomic E-state index is 0.00165. The van der Waals surface area contributed by atoms with Crippen LogP contribution in [0.5, 0.6) is 0 Å². The molecule has 4 nitrogen and oxygen atoms in total. The van der Waals surface area contributed by atoms with Crippen molar-refractivity contribution in [1.82, 2.24) is 5.32 Å². The van der Waals surface area contributed by atoms with Crippen LogP contribution < -0.4 is 11.1 Å². The van der Waals surface area contributed by atoms with Gasteiger partial charge in [0.15, 0.2) is 0 Å². The van der Waals surface area contributed by atoms with Crippen LogP contribution in [0.1, 0.15) is 23.1 Å². The van der Waals surface area contributed by atoms with Gasteiger partial charge in [-0.15, -0.1) is 0 Å². The van der Waals surface area contributed by atoms with E-state index in [0.29, 0.717) is 30.6 Å². The van der Waals surface area contributed by atoms with Crippen molar-refractivity contribution in [2.75, 3.05) is 5.73 Å². The molecule has 4 heteroatoms. The zero-order valence-electron chi connectivity index (χ0n) is 11.7. The predicted molar refractivity (Wildman–Crippen MR) is 82.2 cm³/mol. The lowest BCUT2D eigenvalue weighted by Crippen LogP contribution is -2.22. The van der Waals surface area contributed by atoms with Crippen LogP contribution in [-0.4, -0.2) is 5.91 Å². The zero-order valence-corrected chi connectivity index (χ0v) is 11.7. The Hall–Kier alpha value is -2.80. The summed E-state index contributed by atoms with van der Waals surface area (Å²) in [5.74, 6) is 0.00165. The lowest BCUT2D eigenvalue weighted by atomic mass is 10.1. The molecule has 0 aliphatic rings. The van der Waals surface area contributed by atoms with E-state index in [9.17, 15) is 4.79 Å². The number of carbonyl (C=O) groups excluding carboxylic acids is 1. The maximum atomic E-state index is 11.8. The summed E-state index contributed by atoms with van der Waals surface area (Å²) in [5, 5.41) is 11.6. The Morgan fingerprint density at radius 3 is 2.57 bits per heavy atom. The van der Waals surface area contributed by atoms with E-state index in [1.165, 1.54) is 0 Å². The van der Waals surface area contributed by atoms with Crippen LogP contribution >= 0.6 is 0 Å². The zero-order chi connectivity index (χ0) is 15.1. The van der Waals surface area contributed by atoms with Crippen LogP contribution in [-0.2, 0) is 17.8 Å². The quantitative estimate of drug-likeness (QED) is 0.825. The molecule has 0 radical (unpaired) electrons. The fourth-order valence-corrected chi connectivity index (χ4v) is 1.99. The first-order valence-electron chi connectivity index (χ1n) is 6.77. The lowest BCUT2D eigenvalue weighted by molar-refractivity contribution is -0.121. The lowest BCUT2D eigenvalue weighted by Gasteiger charge is -2.06. The summed E-state index contributed by atoms with van der Waals surface area (Å²) in [6, 6.07) is 16.8. The molecule has 0 heterocycles. The average Bonchev–Trinajstić information content (AvgIpc) is 2.51. The molecule has 2 rings (SSSR count). The third-order valence-corrected chi connectivity index (χ3v) is 3.16. The van der Waals surface area contributed by atoms with Gasteiger partial charge in [-0.3, -0.25) is 4.79 Å². The van der Waals surface area contributed by atoms with Crippen molar-refractivity contribution in [2.45, 2.75) is 19.4 Å². The van der Waals surface area contributed by atoms with Crippen molar-refractivity contribution < 1.29 is 4.79 Å². The second-order valence-corrected chi connectivity index (χ2v) is 4.83. The van der Waals surface area contributed by atoms with Crippen LogP contribution in [0, 0.1) is 11.3 Å². The standard InChI is InChI=1S/C17H17N3O/c18-11-14-4-6-15(7-5-14)12-20-17(21)9-8-13-2-1-3-16(19)10-13/h1-7,10H,8-9,12,19H2,(H,20,21). The third kappa shape index (κ3) is 4.66. The van der Waals surface area contributed by atoms with E-state index in [-0.39, 0.29) is 5.91 Å². The summed E-state index contributed by atoms with van der Waals surface area (Å²) >= 11 is 0. The second kappa shape index (κ2) is 7.11. The number of carbonyl (C=O) groups is 1. The molecule has 1 amide bonds. The highest BCUT2D eigenvalue weighted by molar-refractivity contribution is 5.76. The van der Waals surface area contributed by atoms with Crippen molar-refractivity contribution in [3.8, 4) is 6.07 Å². The number of rotatable bonds is 5. The molecule has 3 N–H and O–H groups in total.